The van der Waals surface area contributed by atoms with E-state index in [1.54, 1.807) is 11.0 Å². The lowest BCUT2D eigenvalue weighted by Gasteiger charge is -2.36. The Bertz CT molecular complexity index is 858. The second kappa shape index (κ2) is 6.38. The molecule has 0 spiro atoms. The molecular weight excluding hydrogens is 363 g/mol. The number of aromatic nitrogens is 2. The van der Waals surface area contributed by atoms with Gasteiger partial charge in [0.15, 0.2) is 0 Å². The Kier molecular flexibility index (Phi) is 4.14. The molecule has 1 aromatic heterocycles. The highest BCUT2D eigenvalue weighted by molar-refractivity contribution is 5.92. The number of nitrogens with one attached hydrogen (secondary N) is 1. The number of piperazine rings is 1. The minimum atomic E-state index is -4.40. The van der Waals surface area contributed by atoms with Gasteiger partial charge >= 0.3 is 6.18 Å². The number of benzene rings is 1. The summed E-state index contributed by atoms with van der Waals surface area (Å²) in [4.78, 5) is 23.4. The molecular formula is C17H16F3N5O2. The minimum absolute atomic E-state index is 0.00573. The van der Waals surface area contributed by atoms with E-state index < -0.39 is 17.6 Å². The van der Waals surface area contributed by atoms with E-state index in [9.17, 15) is 18.0 Å². The standard InChI is InChI=1S/C17H16F3N5O2/c18-17(19,20)13-3-1-2-4-14(13)24-8-12-5-11(24)9-25(12)16-21-6-10(7-22-16)15(26)23-27/h1-4,6-7,11-12,27H,5,8-9H2,(H,23,26). The van der Waals surface area contributed by atoms with Crippen LogP contribution in [0.3, 0.4) is 0 Å². The van der Waals surface area contributed by atoms with E-state index in [0.29, 0.717) is 25.5 Å². The van der Waals surface area contributed by atoms with E-state index in [0.717, 1.165) is 6.07 Å². The first-order valence-electron chi connectivity index (χ1n) is 8.34. The molecule has 10 heteroatoms. The molecule has 4 rings (SSSR count). The van der Waals surface area contributed by atoms with Gasteiger partial charge in [0, 0.05) is 37.2 Å². The van der Waals surface area contributed by atoms with Gasteiger partial charge in [0.2, 0.25) is 5.95 Å². The molecule has 27 heavy (non-hydrogen) atoms. The summed E-state index contributed by atoms with van der Waals surface area (Å²) in [5, 5.41) is 8.62. The van der Waals surface area contributed by atoms with E-state index in [-0.39, 0.29) is 23.3 Å². The molecule has 2 atom stereocenters. The number of fused-ring (bicyclic) bond motifs is 2. The molecule has 2 aliphatic heterocycles. The Morgan fingerprint density at radius 2 is 1.74 bits per heavy atom. The van der Waals surface area contributed by atoms with E-state index in [1.165, 1.54) is 30.0 Å². The smallest absolute Gasteiger partial charge is 0.364 e. The van der Waals surface area contributed by atoms with Crippen LogP contribution in [0.25, 0.3) is 0 Å². The molecule has 7 nitrogen and oxygen atoms in total. The summed E-state index contributed by atoms with van der Waals surface area (Å²) in [6, 6.07) is 5.55. The predicted molar refractivity (Wildman–Crippen MR) is 89.6 cm³/mol. The molecule has 2 fully saturated rings. The summed E-state index contributed by atoms with van der Waals surface area (Å²) in [6.07, 6.45) is -1.08. The number of nitrogens with zero attached hydrogens (tertiary/aromatic N) is 4. The Morgan fingerprint density at radius 1 is 1.11 bits per heavy atom. The van der Waals surface area contributed by atoms with Crippen LogP contribution in [0.1, 0.15) is 22.3 Å². The molecule has 142 valence electrons. The first-order chi connectivity index (χ1) is 12.9. The lowest BCUT2D eigenvalue weighted by atomic mass is 10.1. The number of hydroxylamine groups is 1. The van der Waals surface area contributed by atoms with Gasteiger partial charge in [-0.3, -0.25) is 10.0 Å². The van der Waals surface area contributed by atoms with Crippen molar-refractivity contribution in [1.29, 1.82) is 0 Å². The largest absolute Gasteiger partial charge is 0.418 e. The Hall–Kier alpha value is -2.88. The fraction of sp³-hybridized carbons (Fsp3) is 0.353. The lowest BCUT2D eigenvalue weighted by molar-refractivity contribution is -0.137. The third kappa shape index (κ3) is 3.05. The third-order valence-electron chi connectivity index (χ3n) is 5.02. The van der Waals surface area contributed by atoms with Gasteiger partial charge in [-0.1, -0.05) is 12.1 Å². The first-order valence-corrected chi connectivity index (χ1v) is 8.34. The average Bonchev–Trinajstić information content (AvgIpc) is 3.27. The average molecular weight is 379 g/mol. The van der Waals surface area contributed by atoms with Crippen molar-refractivity contribution in [3.63, 3.8) is 0 Å². The summed E-state index contributed by atoms with van der Waals surface area (Å²) < 4.78 is 39.9. The molecule has 2 unspecified atom stereocenters. The number of carbonyl (C=O) groups is 1. The van der Waals surface area contributed by atoms with Crippen molar-refractivity contribution in [2.45, 2.75) is 24.7 Å². The fourth-order valence-corrected chi connectivity index (χ4v) is 3.82. The molecule has 1 amide bonds. The maximum atomic E-state index is 13.3. The second-order valence-corrected chi connectivity index (χ2v) is 6.58. The monoisotopic (exact) mass is 379 g/mol. The number of para-hydroxylation sites is 1. The molecule has 2 saturated heterocycles. The Morgan fingerprint density at radius 3 is 2.33 bits per heavy atom. The molecule has 0 aliphatic carbocycles. The highest BCUT2D eigenvalue weighted by Gasteiger charge is 2.46. The second-order valence-electron chi connectivity index (χ2n) is 6.58. The van der Waals surface area contributed by atoms with Crippen LogP contribution in [-0.2, 0) is 6.18 Å². The summed E-state index contributed by atoms with van der Waals surface area (Å²) >= 11 is 0. The molecule has 1 aromatic carbocycles. The summed E-state index contributed by atoms with van der Waals surface area (Å²) in [5.41, 5.74) is 1.20. The number of hydrogen-bond donors (Lipinski definition) is 2. The van der Waals surface area contributed by atoms with E-state index in [4.69, 9.17) is 5.21 Å². The van der Waals surface area contributed by atoms with Gasteiger partial charge in [0.1, 0.15) is 0 Å². The number of halogens is 3. The Labute approximate surface area is 152 Å². The maximum absolute atomic E-state index is 13.3. The van der Waals surface area contributed by atoms with Crippen LogP contribution in [0.5, 0.6) is 0 Å². The van der Waals surface area contributed by atoms with Crippen molar-refractivity contribution in [3.8, 4) is 0 Å². The van der Waals surface area contributed by atoms with Crippen molar-refractivity contribution in [2.75, 3.05) is 22.9 Å². The number of hydrogen-bond acceptors (Lipinski definition) is 6. The van der Waals surface area contributed by atoms with Crippen molar-refractivity contribution in [3.05, 3.63) is 47.8 Å². The van der Waals surface area contributed by atoms with Crippen molar-refractivity contribution < 1.29 is 23.2 Å². The lowest BCUT2D eigenvalue weighted by Crippen LogP contribution is -2.47. The zero-order valence-electron chi connectivity index (χ0n) is 14.0. The van der Waals surface area contributed by atoms with Crippen molar-refractivity contribution in [1.82, 2.24) is 15.4 Å². The Balaban J connectivity index is 1.53. The minimum Gasteiger partial charge on any atom is -0.364 e. The van der Waals surface area contributed by atoms with E-state index in [2.05, 4.69) is 9.97 Å². The van der Waals surface area contributed by atoms with E-state index >= 15 is 0 Å². The van der Waals surface area contributed by atoms with Crippen LogP contribution in [0.15, 0.2) is 36.7 Å². The van der Waals surface area contributed by atoms with Crippen LogP contribution in [-0.4, -0.2) is 46.3 Å². The van der Waals surface area contributed by atoms with Gasteiger partial charge < -0.3 is 9.80 Å². The van der Waals surface area contributed by atoms with Crippen LogP contribution < -0.4 is 15.3 Å². The third-order valence-corrected chi connectivity index (χ3v) is 5.02. The quantitative estimate of drug-likeness (QED) is 0.628. The SMILES string of the molecule is O=C(NO)c1cnc(N2CC3CC2CN3c2ccccc2C(F)(F)F)nc1. The number of rotatable bonds is 3. The fourth-order valence-electron chi connectivity index (χ4n) is 3.82. The van der Waals surface area contributed by atoms with E-state index in [1.807, 2.05) is 4.90 Å². The van der Waals surface area contributed by atoms with Gasteiger partial charge in [-0.15, -0.1) is 0 Å². The zero-order valence-corrected chi connectivity index (χ0v) is 14.0. The van der Waals surface area contributed by atoms with Gasteiger partial charge in [-0.2, -0.15) is 13.2 Å². The van der Waals surface area contributed by atoms with Crippen LogP contribution in [0.2, 0.25) is 0 Å². The number of amides is 1. The van der Waals surface area contributed by atoms with Crippen molar-refractivity contribution >= 4 is 17.5 Å². The van der Waals surface area contributed by atoms with Gasteiger partial charge in [0.25, 0.3) is 5.91 Å². The highest BCUT2D eigenvalue weighted by Crippen LogP contribution is 2.42. The molecule has 3 heterocycles. The molecule has 2 aromatic rings. The van der Waals surface area contributed by atoms with Gasteiger partial charge in [-0.05, 0) is 18.6 Å². The van der Waals surface area contributed by atoms with Crippen LogP contribution in [0.4, 0.5) is 24.8 Å². The predicted octanol–water partition coefficient (Wildman–Crippen LogP) is 2.08. The van der Waals surface area contributed by atoms with Crippen LogP contribution in [0, 0.1) is 0 Å². The topological polar surface area (TPSA) is 81.6 Å². The van der Waals surface area contributed by atoms with Gasteiger partial charge in [-0.25, -0.2) is 15.4 Å². The normalized spacial score (nSPS) is 21.6. The van der Waals surface area contributed by atoms with Gasteiger partial charge in [0.05, 0.1) is 17.2 Å². The summed E-state index contributed by atoms with van der Waals surface area (Å²) in [6.45, 7) is 0.947. The molecule has 2 bridgehead atoms. The maximum Gasteiger partial charge on any atom is 0.418 e. The number of carbonyl (C=O) groups excluding carboxylic acids is 1. The highest BCUT2D eigenvalue weighted by atomic mass is 19.4. The summed E-state index contributed by atoms with van der Waals surface area (Å²) in [7, 11) is 0. The number of anilines is 2. The molecule has 2 N–H and O–H groups in total. The first kappa shape index (κ1) is 17.5. The summed E-state index contributed by atoms with van der Waals surface area (Å²) in [5.74, 6) is -0.292. The van der Waals surface area contributed by atoms with Crippen molar-refractivity contribution in [2.24, 2.45) is 0 Å². The zero-order chi connectivity index (χ0) is 19.2. The number of alkyl halides is 3. The molecule has 2 aliphatic rings. The van der Waals surface area contributed by atoms with Crippen LogP contribution >= 0.6 is 0 Å². The molecule has 0 radical (unpaired) electrons. The molecule has 0 saturated carbocycles.